The highest BCUT2D eigenvalue weighted by atomic mass is 35.5. The molecule has 1 N–H and O–H groups in total. The average molecular weight is 288 g/mol. The highest BCUT2D eigenvalue weighted by Gasteiger charge is 2.10. The predicted octanol–water partition coefficient (Wildman–Crippen LogP) is 4.80. The lowest BCUT2D eigenvalue weighted by atomic mass is 9.96. The van der Waals surface area contributed by atoms with Crippen LogP contribution in [0.3, 0.4) is 0 Å². The zero-order chi connectivity index (χ0) is 14.4. The monoisotopic (exact) mass is 287 g/mol. The summed E-state index contributed by atoms with van der Waals surface area (Å²) in [5, 5.41) is 4.21. The summed E-state index contributed by atoms with van der Waals surface area (Å²) in [5.41, 5.74) is 4.07. The molecular formula is C18H22ClN. The van der Waals surface area contributed by atoms with Gasteiger partial charge in [0.1, 0.15) is 0 Å². The van der Waals surface area contributed by atoms with Crippen LogP contribution in [0, 0.1) is 0 Å². The summed E-state index contributed by atoms with van der Waals surface area (Å²) in [5.74, 6) is 0. The molecule has 0 aliphatic heterocycles. The van der Waals surface area contributed by atoms with Gasteiger partial charge in [0.15, 0.2) is 0 Å². The number of rotatable bonds is 6. The second-order valence-electron chi connectivity index (χ2n) is 5.17. The Balaban J connectivity index is 2.15. The first kappa shape index (κ1) is 15.1. The standard InChI is InChI=1S/C18H22ClN/c1-3-5-14-6-4-7-16(12-14)18(20-2)13-15-8-10-17(19)11-9-15/h4,6-12,18,20H,3,5,13H2,1-2H3. The molecular weight excluding hydrogens is 266 g/mol. The molecule has 0 aliphatic rings. The maximum absolute atomic E-state index is 5.94. The molecule has 2 aromatic rings. The summed E-state index contributed by atoms with van der Waals surface area (Å²) < 4.78 is 0. The highest BCUT2D eigenvalue weighted by molar-refractivity contribution is 6.30. The summed E-state index contributed by atoms with van der Waals surface area (Å²) in [4.78, 5) is 0. The number of aryl methyl sites for hydroxylation is 1. The third-order valence-corrected chi connectivity index (χ3v) is 3.85. The van der Waals surface area contributed by atoms with Gasteiger partial charge in [-0.2, -0.15) is 0 Å². The molecule has 2 aromatic carbocycles. The maximum atomic E-state index is 5.94. The van der Waals surface area contributed by atoms with Crippen LogP contribution < -0.4 is 5.32 Å². The van der Waals surface area contributed by atoms with E-state index in [1.54, 1.807) is 0 Å². The average Bonchev–Trinajstić information content (AvgIpc) is 2.47. The van der Waals surface area contributed by atoms with E-state index >= 15 is 0 Å². The van der Waals surface area contributed by atoms with E-state index in [-0.39, 0.29) is 0 Å². The maximum Gasteiger partial charge on any atom is 0.0406 e. The number of hydrogen-bond donors (Lipinski definition) is 1. The van der Waals surface area contributed by atoms with Crippen LogP contribution in [0.25, 0.3) is 0 Å². The minimum Gasteiger partial charge on any atom is -0.313 e. The van der Waals surface area contributed by atoms with E-state index in [0.717, 1.165) is 17.9 Å². The van der Waals surface area contributed by atoms with Crippen molar-refractivity contribution in [3.05, 3.63) is 70.2 Å². The molecule has 0 heterocycles. The summed E-state index contributed by atoms with van der Waals surface area (Å²) in [6.07, 6.45) is 3.30. The van der Waals surface area contributed by atoms with Crippen LogP contribution in [0.2, 0.25) is 5.02 Å². The molecule has 20 heavy (non-hydrogen) atoms. The summed E-state index contributed by atoms with van der Waals surface area (Å²) >= 11 is 5.94. The van der Waals surface area contributed by atoms with Gasteiger partial charge >= 0.3 is 0 Å². The van der Waals surface area contributed by atoms with Crippen molar-refractivity contribution in [2.45, 2.75) is 32.2 Å². The SMILES string of the molecule is CCCc1cccc(C(Cc2ccc(Cl)cc2)NC)c1. The Labute approximate surface area is 127 Å². The van der Waals surface area contributed by atoms with Crippen molar-refractivity contribution in [2.24, 2.45) is 0 Å². The highest BCUT2D eigenvalue weighted by Crippen LogP contribution is 2.21. The molecule has 0 saturated carbocycles. The lowest BCUT2D eigenvalue weighted by Crippen LogP contribution is -2.19. The first-order chi connectivity index (χ1) is 9.72. The molecule has 0 aromatic heterocycles. The molecule has 1 atom stereocenters. The third kappa shape index (κ3) is 4.09. The molecule has 1 unspecified atom stereocenters. The number of benzene rings is 2. The van der Waals surface area contributed by atoms with Gasteiger partial charge in [0.05, 0.1) is 0 Å². The summed E-state index contributed by atoms with van der Waals surface area (Å²) in [6.45, 7) is 2.22. The van der Waals surface area contributed by atoms with Gasteiger partial charge in [-0.15, -0.1) is 0 Å². The van der Waals surface area contributed by atoms with Crippen molar-refractivity contribution in [1.29, 1.82) is 0 Å². The second kappa shape index (κ2) is 7.47. The fourth-order valence-corrected chi connectivity index (χ4v) is 2.62. The summed E-state index contributed by atoms with van der Waals surface area (Å²) in [7, 11) is 2.02. The van der Waals surface area contributed by atoms with Crippen LogP contribution in [-0.2, 0) is 12.8 Å². The molecule has 0 radical (unpaired) electrons. The van der Waals surface area contributed by atoms with Gasteiger partial charge in [-0.3, -0.25) is 0 Å². The Kier molecular flexibility index (Phi) is 5.63. The zero-order valence-electron chi connectivity index (χ0n) is 12.2. The molecule has 0 amide bonds. The molecule has 0 spiro atoms. The molecule has 1 nitrogen and oxygen atoms in total. The molecule has 0 fully saturated rings. The van der Waals surface area contributed by atoms with Gasteiger partial charge in [-0.25, -0.2) is 0 Å². The Morgan fingerprint density at radius 3 is 2.45 bits per heavy atom. The second-order valence-corrected chi connectivity index (χ2v) is 5.60. The van der Waals surface area contributed by atoms with E-state index in [1.807, 2.05) is 19.2 Å². The number of nitrogens with one attached hydrogen (secondary N) is 1. The summed E-state index contributed by atoms with van der Waals surface area (Å²) in [6, 6.07) is 17.3. The zero-order valence-corrected chi connectivity index (χ0v) is 13.0. The van der Waals surface area contributed by atoms with Crippen LogP contribution in [0.15, 0.2) is 48.5 Å². The Morgan fingerprint density at radius 2 is 1.80 bits per heavy atom. The van der Waals surface area contributed by atoms with Crippen molar-refractivity contribution in [3.63, 3.8) is 0 Å². The van der Waals surface area contributed by atoms with Crippen molar-refractivity contribution in [3.8, 4) is 0 Å². The van der Waals surface area contributed by atoms with E-state index in [1.165, 1.54) is 23.1 Å². The van der Waals surface area contributed by atoms with E-state index < -0.39 is 0 Å². The first-order valence-corrected chi connectivity index (χ1v) is 7.61. The van der Waals surface area contributed by atoms with Crippen molar-refractivity contribution >= 4 is 11.6 Å². The minimum absolute atomic E-state index is 0.341. The van der Waals surface area contributed by atoms with Gasteiger partial charge in [0.2, 0.25) is 0 Å². The van der Waals surface area contributed by atoms with Gasteiger partial charge in [0, 0.05) is 11.1 Å². The van der Waals surface area contributed by atoms with Crippen LogP contribution in [0.5, 0.6) is 0 Å². The molecule has 2 rings (SSSR count). The molecule has 2 heteroatoms. The minimum atomic E-state index is 0.341. The lowest BCUT2D eigenvalue weighted by Gasteiger charge is -2.18. The van der Waals surface area contributed by atoms with E-state index in [9.17, 15) is 0 Å². The van der Waals surface area contributed by atoms with Crippen molar-refractivity contribution in [1.82, 2.24) is 5.32 Å². The first-order valence-electron chi connectivity index (χ1n) is 7.23. The number of likely N-dealkylation sites (N-methyl/N-ethyl adjacent to an activating group) is 1. The van der Waals surface area contributed by atoms with E-state index in [0.29, 0.717) is 6.04 Å². The quantitative estimate of drug-likeness (QED) is 0.805. The number of halogens is 1. The molecule has 0 bridgehead atoms. The van der Waals surface area contributed by atoms with Gasteiger partial charge < -0.3 is 5.32 Å². The molecule has 0 saturated heterocycles. The van der Waals surface area contributed by atoms with Crippen LogP contribution >= 0.6 is 11.6 Å². The Morgan fingerprint density at radius 1 is 1.05 bits per heavy atom. The van der Waals surface area contributed by atoms with Crippen LogP contribution in [-0.4, -0.2) is 7.05 Å². The predicted molar refractivity (Wildman–Crippen MR) is 87.4 cm³/mol. The van der Waals surface area contributed by atoms with E-state index in [4.69, 9.17) is 11.6 Å². The van der Waals surface area contributed by atoms with Crippen molar-refractivity contribution < 1.29 is 0 Å². The normalized spacial score (nSPS) is 12.3. The van der Waals surface area contributed by atoms with Gasteiger partial charge in [-0.1, -0.05) is 61.3 Å². The third-order valence-electron chi connectivity index (χ3n) is 3.59. The molecule has 0 aliphatic carbocycles. The molecule has 106 valence electrons. The van der Waals surface area contributed by atoms with Gasteiger partial charge in [-0.05, 0) is 48.7 Å². The Bertz CT molecular complexity index is 533. The van der Waals surface area contributed by atoms with Crippen LogP contribution in [0.1, 0.15) is 36.1 Å². The van der Waals surface area contributed by atoms with Crippen LogP contribution in [0.4, 0.5) is 0 Å². The van der Waals surface area contributed by atoms with E-state index in [2.05, 4.69) is 48.6 Å². The lowest BCUT2D eigenvalue weighted by molar-refractivity contribution is 0.591. The fourth-order valence-electron chi connectivity index (χ4n) is 2.50. The Hall–Kier alpha value is -1.31. The largest absolute Gasteiger partial charge is 0.313 e. The van der Waals surface area contributed by atoms with Crippen molar-refractivity contribution in [2.75, 3.05) is 7.05 Å². The number of hydrogen-bond acceptors (Lipinski definition) is 1. The topological polar surface area (TPSA) is 12.0 Å². The van der Waals surface area contributed by atoms with Gasteiger partial charge in [0.25, 0.3) is 0 Å². The smallest absolute Gasteiger partial charge is 0.0406 e. The fraction of sp³-hybridized carbons (Fsp3) is 0.333.